The summed E-state index contributed by atoms with van der Waals surface area (Å²) in [7, 11) is -3.25. The SMILES string of the molecule is CS(=O)(=O)c1ccc(/C(=C2/CCSC2=O)c2ccc(Cl)cc2)cc1. The van der Waals surface area contributed by atoms with E-state index in [2.05, 4.69) is 0 Å². The first-order valence-corrected chi connectivity index (χ1v) is 10.6. The highest BCUT2D eigenvalue weighted by molar-refractivity contribution is 8.14. The Morgan fingerprint density at radius 1 is 1.00 bits per heavy atom. The Hall–Kier alpha value is -1.56. The monoisotopic (exact) mass is 378 g/mol. The van der Waals surface area contributed by atoms with Crippen molar-refractivity contribution in [3.8, 4) is 0 Å². The lowest BCUT2D eigenvalue weighted by Gasteiger charge is -2.12. The number of sulfone groups is 1. The van der Waals surface area contributed by atoms with Gasteiger partial charge in [-0.25, -0.2) is 8.42 Å². The molecule has 0 bridgehead atoms. The molecule has 3 nitrogen and oxygen atoms in total. The van der Waals surface area contributed by atoms with Gasteiger partial charge in [0.05, 0.1) is 4.90 Å². The number of hydrogen-bond acceptors (Lipinski definition) is 4. The smallest absolute Gasteiger partial charge is 0.216 e. The molecule has 24 heavy (non-hydrogen) atoms. The van der Waals surface area contributed by atoms with E-state index in [1.54, 1.807) is 36.4 Å². The fourth-order valence-electron chi connectivity index (χ4n) is 2.66. The van der Waals surface area contributed by atoms with Gasteiger partial charge in [0, 0.05) is 22.6 Å². The van der Waals surface area contributed by atoms with E-state index in [1.165, 1.54) is 18.0 Å². The van der Waals surface area contributed by atoms with Gasteiger partial charge >= 0.3 is 0 Å². The Morgan fingerprint density at radius 2 is 1.54 bits per heavy atom. The second kappa shape index (κ2) is 6.75. The van der Waals surface area contributed by atoms with Crippen molar-refractivity contribution in [2.75, 3.05) is 12.0 Å². The lowest BCUT2D eigenvalue weighted by molar-refractivity contribution is -0.107. The molecule has 0 aliphatic carbocycles. The summed E-state index contributed by atoms with van der Waals surface area (Å²) in [5, 5.41) is 0.704. The predicted molar refractivity (Wildman–Crippen MR) is 99.1 cm³/mol. The van der Waals surface area contributed by atoms with E-state index in [9.17, 15) is 13.2 Å². The van der Waals surface area contributed by atoms with Crippen LogP contribution in [0.25, 0.3) is 5.57 Å². The van der Waals surface area contributed by atoms with Gasteiger partial charge in [-0.1, -0.05) is 47.6 Å². The zero-order valence-corrected chi connectivity index (χ0v) is 15.3. The van der Waals surface area contributed by atoms with Crippen LogP contribution in [0.1, 0.15) is 17.5 Å². The summed E-state index contributed by atoms with van der Waals surface area (Å²) in [6, 6.07) is 14.0. The van der Waals surface area contributed by atoms with Crippen LogP contribution in [0.3, 0.4) is 0 Å². The molecular weight excluding hydrogens is 364 g/mol. The number of carbonyl (C=O) groups is 1. The maximum absolute atomic E-state index is 12.2. The number of thioether (sulfide) groups is 1. The number of halogens is 1. The lowest BCUT2D eigenvalue weighted by Crippen LogP contribution is -2.00. The van der Waals surface area contributed by atoms with Gasteiger partial charge in [0.15, 0.2) is 9.84 Å². The summed E-state index contributed by atoms with van der Waals surface area (Å²) in [6.45, 7) is 0. The first-order valence-electron chi connectivity index (χ1n) is 7.33. The van der Waals surface area contributed by atoms with Gasteiger partial charge in [-0.2, -0.15) is 0 Å². The van der Waals surface area contributed by atoms with E-state index in [0.717, 1.165) is 28.0 Å². The van der Waals surface area contributed by atoms with E-state index in [1.807, 2.05) is 12.1 Å². The quantitative estimate of drug-likeness (QED) is 0.751. The predicted octanol–water partition coefficient (Wildman–Crippen LogP) is 4.21. The van der Waals surface area contributed by atoms with Gasteiger partial charge in [0.2, 0.25) is 5.12 Å². The number of carbonyl (C=O) groups excluding carboxylic acids is 1. The zero-order chi connectivity index (χ0) is 17.3. The van der Waals surface area contributed by atoms with Crippen molar-refractivity contribution in [2.45, 2.75) is 11.3 Å². The minimum absolute atomic E-state index is 0.0761. The highest BCUT2D eigenvalue weighted by atomic mass is 35.5. The fourth-order valence-corrected chi connectivity index (χ4v) is 4.29. The molecule has 0 unspecified atom stereocenters. The highest BCUT2D eigenvalue weighted by Crippen LogP contribution is 2.36. The van der Waals surface area contributed by atoms with Gasteiger partial charge in [0.25, 0.3) is 0 Å². The summed E-state index contributed by atoms with van der Waals surface area (Å²) >= 11 is 7.28. The maximum Gasteiger partial charge on any atom is 0.216 e. The van der Waals surface area contributed by atoms with Crippen LogP contribution in [0.4, 0.5) is 0 Å². The molecular formula is C18H15ClO3S2. The van der Waals surface area contributed by atoms with E-state index in [0.29, 0.717) is 11.4 Å². The molecule has 0 amide bonds. The Balaban J connectivity index is 2.16. The Morgan fingerprint density at radius 3 is 2.00 bits per heavy atom. The summed E-state index contributed by atoms with van der Waals surface area (Å²) in [5.74, 6) is 0.771. The van der Waals surface area contributed by atoms with Crippen molar-refractivity contribution in [2.24, 2.45) is 0 Å². The van der Waals surface area contributed by atoms with Gasteiger partial charge in [-0.3, -0.25) is 4.79 Å². The Bertz CT molecular complexity index is 912. The molecule has 1 aliphatic heterocycles. The normalized spacial score (nSPS) is 17.2. The highest BCUT2D eigenvalue weighted by Gasteiger charge is 2.24. The average Bonchev–Trinajstić information content (AvgIpc) is 2.95. The third-order valence-corrected chi connectivity index (χ3v) is 6.13. The second-order valence-corrected chi connectivity index (χ2v) is 9.06. The maximum atomic E-state index is 12.2. The first-order chi connectivity index (χ1) is 11.4. The van der Waals surface area contributed by atoms with Gasteiger partial charge in [0.1, 0.15) is 0 Å². The fraction of sp³-hybridized carbons (Fsp3) is 0.167. The number of rotatable bonds is 3. The summed E-state index contributed by atoms with van der Waals surface area (Å²) in [5.41, 5.74) is 3.35. The summed E-state index contributed by atoms with van der Waals surface area (Å²) in [6.07, 6.45) is 1.88. The Kier molecular flexibility index (Phi) is 4.85. The largest absolute Gasteiger partial charge is 0.282 e. The third-order valence-electron chi connectivity index (χ3n) is 3.84. The van der Waals surface area contributed by atoms with Gasteiger partial charge in [-0.15, -0.1) is 0 Å². The van der Waals surface area contributed by atoms with Crippen molar-refractivity contribution < 1.29 is 13.2 Å². The van der Waals surface area contributed by atoms with Gasteiger partial charge < -0.3 is 0 Å². The standard InChI is InChI=1S/C18H15ClO3S2/c1-24(21,22)15-8-4-13(5-9-15)17(16-10-11-23-18(16)20)12-2-6-14(19)7-3-12/h2-9H,10-11H2,1H3/b17-16-. The van der Waals surface area contributed by atoms with Crippen LogP contribution in [-0.4, -0.2) is 25.5 Å². The van der Waals surface area contributed by atoms with Crippen molar-refractivity contribution in [3.63, 3.8) is 0 Å². The van der Waals surface area contributed by atoms with Crippen LogP contribution >= 0.6 is 23.4 Å². The molecule has 1 fully saturated rings. The molecule has 0 saturated carbocycles. The van der Waals surface area contributed by atoms with Crippen LogP contribution in [0.2, 0.25) is 5.02 Å². The lowest BCUT2D eigenvalue weighted by atomic mass is 9.92. The molecule has 0 N–H and O–H groups in total. The van der Waals surface area contributed by atoms with Crippen LogP contribution in [-0.2, 0) is 14.6 Å². The van der Waals surface area contributed by atoms with Crippen LogP contribution in [0.15, 0.2) is 59.0 Å². The molecule has 6 heteroatoms. The summed E-state index contributed by atoms with van der Waals surface area (Å²) < 4.78 is 23.3. The number of benzene rings is 2. The van der Waals surface area contributed by atoms with E-state index in [-0.39, 0.29) is 10.0 Å². The molecule has 0 spiro atoms. The van der Waals surface area contributed by atoms with Crippen molar-refractivity contribution in [3.05, 3.63) is 70.3 Å². The molecule has 2 aromatic rings. The van der Waals surface area contributed by atoms with E-state index >= 15 is 0 Å². The van der Waals surface area contributed by atoms with Crippen LogP contribution in [0.5, 0.6) is 0 Å². The van der Waals surface area contributed by atoms with Crippen molar-refractivity contribution >= 4 is 43.9 Å². The van der Waals surface area contributed by atoms with Crippen molar-refractivity contribution in [1.82, 2.24) is 0 Å². The first kappa shape index (κ1) is 17.3. The third kappa shape index (κ3) is 3.58. The average molecular weight is 379 g/mol. The molecule has 0 atom stereocenters. The van der Waals surface area contributed by atoms with Crippen LogP contribution in [0, 0.1) is 0 Å². The van der Waals surface area contributed by atoms with Crippen molar-refractivity contribution in [1.29, 1.82) is 0 Å². The molecule has 1 heterocycles. The molecule has 1 aliphatic rings. The minimum Gasteiger partial charge on any atom is -0.282 e. The second-order valence-electron chi connectivity index (χ2n) is 5.54. The molecule has 0 aromatic heterocycles. The molecule has 1 saturated heterocycles. The molecule has 3 rings (SSSR count). The number of hydrogen-bond donors (Lipinski definition) is 0. The zero-order valence-electron chi connectivity index (χ0n) is 13.0. The molecule has 124 valence electrons. The Labute approximate surface area is 150 Å². The van der Waals surface area contributed by atoms with Gasteiger partial charge in [-0.05, 0) is 47.4 Å². The minimum atomic E-state index is -3.25. The van der Waals surface area contributed by atoms with E-state index in [4.69, 9.17) is 11.6 Å². The van der Waals surface area contributed by atoms with E-state index < -0.39 is 9.84 Å². The topological polar surface area (TPSA) is 51.2 Å². The summed E-state index contributed by atoms with van der Waals surface area (Å²) in [4.78, 5) is 12.5. The van der Waals surface area contributed by atoms with Crippen LogP contribution < -0.4 is 0 Å². The molecule has 2 aromatic carbocycles. The molecule has 0 radical (unpaired) electrons.